The summed E-state index contributed by atoms with van der Waals surface area (Å²) in [6.45, 7) is 6.30. The molecule has 6 heteroatoms. The fourth-order valence-corrected chi connectivity index (χ4v) is 4.64. The molecule has 0 heterocycles. The summed E-state index contributed by atoms with van der Waals surface area (Å²) in [6, 6.07) is 22.7. The van der Waals surface area contributed by atoms with Crippen molar-refractivity contribution >= 4 is 27.3 Å². The van der Waals surface area contributed by atoms with Crippen molar-refractivity contribution in [2.45, 2.75) is 31.6 Å². The number of benzene rings is 3. The maximum Gasteiger partial charge on any atom is 0.264 e. The third kappa shape index (κ3) is 4.71. The van der Waals surface area contributed by atoms with E-state index in [2.05, 4.69) is 19.2 Å². The van der Waals surface area contributed by atoms with Gasteiger partial charge in [0.1, 0.15) is 0 Å². The molecule has 1 amide bonds. The molecule has 0 radical (unpaired) electrons. The summed E-state index contributed by atoms with van der Waals surface area (Å²) in [6.07, 6.45) is 0. The van der Waals surface area contributed by atoms with Crippen LogP contribution in [0.15, 0.2) is 83.8 Å². The Labute approximate surface area is 178 Å². The molecule has 0 aliphatic rings. The lowest BCUT2D eigenvalue weighted by Crippen LogP contribution is -2.30. The molecule has 0 unspecified atom stereocenters. The highest BCUT2D eigenvalue weighted by molar-refractivity contribution is 7.92. The number of carbonyl (C=O) groups excluding carboxylic acids is 1. The highest BCUT2D eigenvalue weighted by Gasteiger charge is 2.23. The van der Waals surface area contributed by atoms with Crippen molar-refractivity contribution < 1.29 is 13.2 Å². The van der Waals surface area contributed by atoms with Gasteiger partial charge in [0.15, 0.2) is 0 Å². The Morgan fingerprint density at radius 1 is 0.900 bits per heavy atom. The molecule has 30 heavy (non-hydrogen) atoms. The maximum absolute atomic E-state index is 12.9. The van der Waals surface area contributed by atoms with Crippen molar-refractivity contribution in [2.24, 2.45) is 0 Å². The van der Waals surface area contributed by atoms with Crippen LogP contribution in [0.25, 0.3) is 0 Å². The minimum atomic E-state index is -3.66. The van der Waals surface area contributed by atoms with Gasteiger partial charge in [-0.25, -0.2) is 8.42 Å². The van der Waals surface area contributed by atoms with Gasteiger partial charge in [0.2, 0.25) is 0 Å². The van der Waals surface area contributed by atoms with E-state index in [4.69, 9.17) is 0 Å². The predicted octanol–water partition coefficient (Wildman–Crippen LogP) is 5.28. The second kappa shape index (κ2) is 9.13. The minimum absolute atomic E-state index is 0.235. The topological polar surface area (TPSA) is 66.5 Å². The lowest BCUT2D eigenvalue weighted by molar-refractivity contribution is 0.102. The molecule has 3 aromatic rings. The number of amides is 1. The van der Waals surface area contributed by atoms with E-state index in [1.807, 2.05) is 24.3 Å². The van der Waals surface area contributed by atoms with Crippen LogP contribution in [-0.2, 0) is 10.0 Å². The van der Waals surface area contributed by atoms with Crippen molar-refractivity contribution in [3.8, 4) is 0 Å². The van der Waals surface area contributed by atoms with Crippen LogP contribution in [0.1, 0.15) is 42.6 Å². The predicted molar refractivity (Wildman–Crippen MR) is 122 cm³/mol. The van der Waals surface area contributed by atoms with Crippen molar-refractivity contribution in [3.05, 3.63) is 90.0 Å². The molecule has 0 saturated carbocycles. The Balaban J connectivity index is 1.77. The van der Waals surface area contributed by atoms with Gasteiger partial charge < -0.3 is 5.32 Å². The normalized spacial score (nSPS) is 11.3. The number of hydrogen-bond acceptors (Lipinski definition) is 3. The molecule has 0 saturated heterocycles. The third-order valence-corrected chi connectivity index (χ3v) is 6.79. The number of anilines is 2. The molecule has 0 fully saturated rings. The Morgan fingerprint density at radius 2 is 1.50 bits per heavy atom. The van der Waals surface area contributed by atoms with Crippen molar-refractivity contribution in [2.75, 3.05) is 16.2 Å². The molecule has 0 atom stereocenters. The molecule has 0 bridgehead atoms. The van der Waals surface area contributed by atoms with Crippen LogP contribution in [0.4, 0.5) is 11.4 Å². The van der Waals surface area contributed by atoms with Gasteiger partial charge in [0, 0.05) is 17.8 Å². The maximum atomic E-state index is 12.9. The standard InChI is InChI=1S/C24H26N2O3S/c1-4-26(30(28,29)23-8-6-5-7-9-23)22-16-12-20(13-17-22)24(27)25-21-14-10-19(11-15-21)18(2)3/h5-18H,4H2,1-3H3,(H,25,27). The van der Waals surface area contributed by atoms with Gasteiger partial charge in [-0.3, -0.25) is 9.10 Å². The van der Waals surface area contributed by atoms with E-state index < -0.39 is 10.0 Å². The Morgan fingerprint density at radius 3 is 2.03 bits per heavy atom. The van der Waals surface area contributed by atoms with E-state index in [-0.39, 0.29) is 17.3 Å². The van der Waals surface area contributed by atoms with Crippen LogP contribution < -0.4 is 9.62 Å². The zero-order valence-corrected chi connectivity index (χ0v) is 18.2. The number of rotatable bonds is 7. The SMILES string of the molecule is CCN(c1ccc(C(=O)Nc2ccc(C(C)C)cc2)cc1)S(=O)(=O)c1ccccc1. The number of nitrogens with zero attached hydrogens (tertiary/aromatic N) is 1. The first-order valence-electron chi connectivity index (χ1n) is 9.92. The highest BCUT2D eigenvalue weighted by Crippen LogP contribution is 2.24. The van der Waals surface area contributed by atoms with Gasteiger partial charge in [0.25, 0.3) is 15.9 Å². The van der Waals surface area contributed by atoms with E-state index in [1.54, 1.807) is 61.5 Å². The first kappa shape index (κ1) is 21.6. The minimum Gasteiger partial charge on any atom is -0.322 e. The summed E-state index contributed by atoms with van der Waals surface area (Å²) < 4.78 is 27.2. The largest absolute Gasteiger partial charge is 0.322 e. The van der Waals surface area contributed by atoms with Crippen molar-refractivity contribution in [1.82, 2.24) is 0 Å². The number of carbonyl (C=O) groups is 1. The van der Waals surface area contributed by atoms with Gasteiger partial charge in [-0.1, -0.05) is 44.2 Å². The van der Waals surface area contributed by atoms with Crippen LogP contribution in [0.5, 0.6) is 0 Å². The van der Waals surface area contributed by atoms with Gasteiger partial charge in [-0.15, -0.1) is 0 Å². The molecular weight excluding hydrogens is 396 g/mol. The molecule has 0 aliphatic heterocycles. The summed E-state index contributed by atoms with van der Waals surface area (Å²) in [5.41, 5.74) is 2.89. The Kier molecular flexibility index (Phi) is 6.57. The fourth-order valence-electron chi connectivity index (χ4n) is 3.14. The summed E-state index contributed by atoms with van der Waals surface area (Å²) in [5.74, 6) is 0.184. The van der Waals surface area contributed by atoms with Gasteiger partial charge in [-0.05, 0) is 66.9 Å². The number of nitrogens with one attached hydrogen (secondary N) is 1. The van der Waals surface area contributed by atoms with Gasteiger partial charge >= 0.3 is 0 Å². The summed E-state index contributed by atoms with van der Waals surface area (Å²) in [4.78, 5) is 12.8. The molecule has 156 valence electrons. The van der Waals surface area contributed by atoms with E-state index in [0.717, 1.165) is 5.69 Å². The zero-order chi connectivity index (χ0) is 21.7. The smallest absolute Gasteiger partial charge is 0.264 e. The molecular formula is C24H26N2O3S. The lowest BCUT2D eigenvalue weighted by Gasteiger charge is -2.23. The van der Waals surface area contributed by atoms with E-state index in [0.29, 0.717) is 17.2 Å². The first-order chi connectivity index (χ1) is 14.3. The third-order valence-electron chi connectivity index (χ3n) is 4.87. The average molecular weight is 423 g/mol. The summed E-state index contributed by atoms with van der Waals surface area (Å²) in [5, 5.41) is 2.87. The fraction of sp³-hybridized carbons (Fsp3) is 0.208. The lowest BCUT2D eigenvalue weighted by atomic mass is 10.0. The average Bonchev–Trinajstić information content (AvgIpc) is 2.75. The zero-order valence-electron chi connectivity index (χ0n) is 17.4. The number of hydrogen-bond donors (Lipinski definition) is 1. The van der Waals surface area contributed by atoms with Gasteiger partial charge in [0.05, 0.1) is 10.6 Å². The van der Waals surface area contributed by atoms with Crippen LogP contribution in [0.3, 0.4) is 0 Å². The van der Waals surface area contributed by atoms with Crippen molar-refractivity contribution in [3.63, 3.8) is 0 Å². The molecule has 1 N–H and O–H groups in total. The highest BCUT2D eigenvalue weighted by atomic mass is 32.2. The molecule has 3 rings (SSSR count). The van der Waals surface area contributed by atoms with Crippen molar-refractivity contribution in [1.29, 1.82) is 0 Å². The van der Waals surface area contributed by atoms with Crippen LogP contribution in [0.2, 0.25) is 0 Å². The first-order valence-corrected chi connectivity index (χ1v) is 11.4. The van der Waals surface area contributed by atoms with Crippen LogP contribution in [-0.4, -0.2) is 20.9 Å². The Bertz CT molecular complexity index is 1090. The molecule has 3 aromatic carbocycles. The summed E-state index contributed by atoms with van der Waals surface area (Å²) >= 11 is 0. The monoisotopic (exact) mass is 422 g/mol. The molecule has 5 nitrogen and oxygen atoms in total. The molecule has 0 spiro atoms. The van der Waals surface area contributed by atoms with Gasteiger partial charge in [-0.2, -0.15) is 0 Å². The summed E-state index contributed by atoms with van der Waals surface area (Å²) in [7, 11) is -3.66. The quantitative estimate of drug-likeness (QED) is 0.563. The number of sulfonamides is 1. The van der Waals surface area contributed by atoms with E-state index in [9.17, 15) is 13.2 Å². The molecule has 0 aliphatic carbocycles. The molecule has 0 aromatic heterocycles. The van der Waals surface area contributed by atoms with E-state index >= 15 is 0 Å². The van der Waals surface area contributed by atoms with Crippen LogP contribution in [0, 0.1) is 0 Å². The second-order valence-electron chi connectivity index (χ2n) is 7.26. The second-order valence-corrected chi connectivity index (χ2v) is 9.12. The van der Waals surface area contributed by atoms with E-state index in [1.165, 1.54) is 9.87 Å². The Hall–Kier alpha value is -3.12. The van der Waals surface area contributed by atoms with Crippen LogP contribution >= 0.6 is 0 Å².